The van der Waals surface area contributed by atoms with Crippen LogP contribution in [0.2, 0.25) is 0 Å². The summed E-state index contributed by atoms with van der Waals surface area (Å²) in [5, 5.41) is 4.14. The monoisotopic (exact) mass is 231 g/mol. The van der Waals surface area contributed by atoms with Crippen molar-refractivity contribution in [3.05, 3.63) is 11.6 Å². The molecule has 1 N–H and O–H groups in total. The van der Waals surface area contributed by atoms with Gasteiger partial charge in [-0.25, -0.2) is 0 Å². The number of rotatable bonds is 6. The molecular weight excluding hydrogens is 210 g/mol. The Kier molecular flexibility index (Phi) is 4.63. The van der Waals surface area contributed by atoms with Gasteiger partial charge in [0, 0.05) is 30.1 Å². The first-order chi connectivity index (χ1) is 7.10. The highest BCUT2D eigenvalue weighted by Crippen LogP contribution is 2.48. The summed E-state index contributed by atoms with van der Waals surface area (Å²) in [5.41, 5.74) is 0.293. The van der Waals surface area contributed by atoms with Gasteiger partial charge in [-0.1, -0.05) is 32.0 Å². The Hall–Kier alpha value is -0.0500. The third kappa shape index (κ3) is 2.38. The Balaban J connectivity index is 2.56. The van der Waals surface area contributed by atoms with E-state index in [9.17, 15) is 0 Å². The van der Waals surface area contributed by atoms with Crippen molar-refractivity contribution in [1.82, 2.24) is 5.32 Å². The Bertz CT molecular complexity index is 226. The first-order valence-electron chi connectivity index (χ1n) is 5.70. The number of hydrogen-bond donors (Lipinski definition) is 1. The zero-order chi connectivity index (χ0) is 11.5. The lowest BCUT2D eigenvalue weighted by molar-refractivity contribution is -0.122. The summed E-state index contributed by atoms with van der Waals surface area (Å²) in [6.45, 7) is 8.86. The molecule has 0 heterocycles. The minimum atomic E-state index is 0.293. The third-order valence-electron chi connectivity index (χ3n) is 3.93. The van der Waals surface area contributed by atoms with Gasteiger partial charge in [-0.2, -0.15) is 0 Å². The lowest BCUT2D eigenvalue weighted by Gasteiger charge is -2.55. The van der Waals surface area contributed by atoms with Gasteiger partial charge in [0.05, 0.1) is 6.10 Å². The largest absolute Gasteiger partial charge is 0.381 e. The maximum Gasteiger partial charge on any atom is 0.0657 e. The highest BCUT2D eigenvalue weighted by atomic mass is 35.5. The van der Waals surface area contributed by atoms with Crippen molar-refractivity contribution >= 4 is 11.6 Å². The van der Waals surface area contributed by atoms with E-state index in [4.69, 9.17) is 16.3 Å². The van der Waals surface area contributed by atoms with Crippen LogP contribution in [0, 0.1) is 5.41 Å². The predicted molar refractivity (Wildman–Crippen MR) is 65.2 cm³/mol. The van der Waals surface area contributed by atoms with Gasteiger partial charge in [-0.3, -0.25) is 0 Å². The molecule has 1 fully saturated rings. The quantitative estimate of drug-likeness (QED) is 0.759. The molecular formula is C12H22ClNO. The molecule has 15 heavy (non-hydrogen) atoms. The summed E-state index contributed by atoms with van der Waals surface area (Å²) in [7, 11) is 1.81. The van der Waals surface area contributed by atoms with E-state index in [0.717, 1.165) is 19.3 Å². The second-order valence-electron chi connectivity index (χ2n) is 4.35. The van der Waals surface area contributed by atoms with Crippen LogP contribution in [0.15, 0.2) is 11.6 Å². The molecule has 1 saturated carbocycles. The SMILES string of the molecule is C=C(Cl)CNC1CC(OC)C1(CC)CC. The van der Waals surface area contributed by atoms with Gasteiger partial charge in [-0.15, -0.1) is 0 Å². The Morgan fingerprint density at radius 3 is 2.53 bits per heavy atom. The molecule has 2 nitrogen and oxygen atoms in total. The van der Waals surface area contributed by atoms with Crippen LogP contribution in [0.25, 0.3) is 0 Å². The number of nitrogens with one attached hydrogen (secondary N) is 1. The molecule has 0 bridgehead atoms. The van der Waals surface area contributed by atoms with Crippen molar-refractivity contribution in [2.75, 3.05) is 13.7 Å². The third-order valence-corrected chi connectivity index (χ3v) is 4.06. The van der Waals surface area contributed by atoms with E-state index in [1.807, 2.05) is 0 Å². The van der Waals surface area contributed by atoms with Crippen LogP contribution in [-0.2, 0) is 4.74 Å². The van der Waals surface area contributed by atoms with Crippen LogP contribution in [0.4, 0.5) is 0 Å². The molecule has 1 aliphatic rings. The number of hydrogen-bond acceptors (Lipinski definition) is 2. The molecule has 1 rings (SSSR count). The maximum absolute atomic E-state index is 5.76. The molecule has 0 saturated heterocycles. The standard InChI is InChI=1S/C12H22ClNO/c1-5-12(6-2)10(7-11(12)15-4)14-8-9(3)13/h10-11,14H,3,5-8H2,1-2,4H3. The fourth-order valence-corrected chi connectivity index (χ4v) is 2.87. The Labute approximate surface area is 98.0 Å². The van der Waals surface area contributed by atoms with E-state index in [2.05, 4.69) is 25.7 Å². The number of ether oxygens (including phenoxy) is 1. The number of methoxy groups -OCH3 is 1. The highest BCUT2D eigenvalue weighted by molar-refractivity contribution is 6.29. The fraction of sp³-hybridized carbons (Fsp3) is 0.833. The molecule has 2 atom stereocenters. The van der Waals surface area contributed by atoms with Crippen LogP contribution in [0.3, 0.4) is 0 Å². The predicted octanol–water partition coefficient (Wildman–Crippen LogP) is 2.92. The van der Waals surface area contributed by atoms with E-state index in [0.29, 0.717) is 29.1 Å². The molecule has 1 aliphatic carbocycles. The van der Waals surface area contributed by atoms with Crippen molar-refractivity contribution in [2.24, 2.45) is 5.41 Å². The zero-order valence-electron chi connectivity index (χ0n) is 9.98. The Morgan fingerprint density at radius 2 is 2.13 bits per heavy atom. The minimum absolute atomic E-state index is 0.293. The van der Waals surface area contributed by atoms with Crippen molar-refractivity contribution < 1.29 is 4.74 Å². The van der Waals surface area contributed by atoms with Gasteiger partial charge in [-0.05, 0) is 19.3 Å². The second-order valence-corrected chi connectivity index (χ2v) is 4.89. The molecule has 0 aromatic rings. The van der Waals surface area contributed by atoms with Crippen molar-refractivity contribution in [1.29, 1.82) is 0 Å². The van der Waals surface area contributed by atoms with E-state index < -0.39 is 0 Å². The van der Waals surface area contributed by atoms with Crippen molar-refractivity contribution in [3.8, 4) is 0 Å². The summed E-state index contributed by atoms with van der Waals surface area (Å²) in [5.74, 6) is 0. The van der Waals surface area contributed by atoms with Crippen LogP contribution in [-0.4, -0.2) is 25.8 Å². The topological polar surface area (TPSA) is 21.3 Å². The van der Waals surface area contributed by atoms with E-state index in [-0.39, 0.29) is 0 Å². The van der Waals surface area contributed by atoms with Crippen molar-refractivity contribution in [3.63, 3.8) is 0 Å². The second kappa shape index (κ2) is 5.33. The Morgan fingerprint density at radius 1 is 1.53 bits per heavy atom. The van der Waals surface area contributed by atoms with E-state index in [1.165, 1.54) is 0 Å². The molecule has 0 aliphatic heterocycles. The average Bonchev–Trinajstić information content (AvgIpc) is 2.18. The zero-order valence-corrected chi connectivity index (χ0v) is 10.7. The van der Waals surface area contributed by atoms with Crippen LogP contribution in [0.5, 0.6) is 0 Å². The van der Waals surface area contributed by atoms with Gasteiger partial charge in [0.25, 0.3) is 0 Å². The molecule has 2 unspecified atom stereocenters. The van der Waals surface area contributed by atoms with Gasteiger partial charge in [0.15, 0.2) is 0 Å². The lowest BCUT2D eigenvalue weighted by Crippen LogP contribution is -2.63. The summed E-state index contributed by atoms with van der Waals surface area (Å²) < 4.78 is 5.53. The van der Waals surface area contributed by atoms with Gasteiger partial charge < -0.3 is 10.1 Å². The van der Waals surface area contributed by atoms with Gasteiger partial charge in [0.1, 0.15) is 0 Å². The van der Waals surface area contributed by atoms with Gasteiger partial charge in [0.2, 0.25) is 0 Å². The van der Waals surface area contributed by atoms with Crippen molar-refractivity contribution in [2.45, 2.75) is 45.3 Å². The molecule has 0 aromatic carbocycles. The molecule has 0 radical (unpaired) electrons. The molecule has 88 valence electrons. The first kappa shape index (κ1) is 13.0. The molecule has 0 aromatic heterocycles. The van der Waals surface area contributed by atoms with Crippen LogP contribution in [0.1, 0.15) is 33.1 Å². The fourth-order valence-electron chi connectivity index (χ4n) is 2.80. The highest BCUT2D eigenvalue weighted by Gasteiger charge is 2.52. The average molecular weight is 232 g/mol. The summed E-state index contributed by atoms with van der Waals surface area (Å²) in [4.78, 5) is 0. The van der Waals surface area contributed by atoms with E-state index >= 15 is 0 Å². The summed E-state index contributed by atoms with van der Waals surface area (Å²) in [6.07, 6.45) is 3.78. The van der Waals surface area contributed by atoms with Gasteiger partial charge >= 0.3 is 0 Å². The normalized spacial score (nSPS) is 28.5. The molecule has 0 spiro atoms. The maximum atomic E-state index is 5.76. The number of halogens is 1. The summed E-state index contributed by atoms with van der Waals surface area (Å²) in [6, 6.07) is 0.521. The lowest BCUT2D eigenvalue weighted by atomic mass is 9.58. The summed E-state index contributed by atoms with van der Waals surface area (Å²) >= 11 is 5.76. The minimum Gasteiger partial charge on any atom is -0.381 e. The van der Waals surface area contributed by atoms with Crippen LogP contribution >= 0.6 is 11.6 Å². The smallest absolute Gasteiger partial charge is 0.0657 e. The van der Waals surface area contributed by atoms with Crippen LogP contribution < -0.4 is 5.32 Å². The first-order valence-corrected chi connectivity index (χ1v) is 6.08. The molecule has 0 amide bonds. The van der Waals surface area contributed by atoms with E-state index in [1.54, 1.807) is 7.11 Å². The molecule has 3 heteroatoms.